The van der Waals surface area contributed by atoms with E-state index in [2.05, 4.69) is 12.1 Å². The van der Waals surface area contributed by atoms with Crippen LogP contribution in [0.4, 0.5) is 0 Å². The van der Waals surface area contributed by atoms with Gasteiger partial charge in [0.15, 0.2) is 0 Å². The Labute approximate surface area is 83.2 Å². The van der Waals surface area contributed by atoms with Crippen LogP contribution in [0.25, 0.3) is 0 Å². The van der Waals surface area contributed by atoms with Crippen molar-refractivity contribution in [3.8, 4) is 5.75 Å². The zero-order valence-electron chi connectivity index (χ0n) is 6.54. The molecule has 0 unspecified atom stereocenters. The standard InChI is InChI=1S/C8H9O.ClH.Zn/c1-7-4-3-5-8(6-7)9-2;;/h3-6H,1H2,2H3;1H;. The number of rotatable bonds is 2. The Hall–Kier alpha value is -0.0666. The molecule has 0 radical (unpaired) electrons. The second-order valence-electron chi connectivity index (χ2n) is 2.10. The molecule has 0 saturated carbocycles. The third kappa shape index (κ3) is 3.22. The van der Waals surface area contributed by atoms with Gasteiger partial charge in [0.25, 0.3) is 0 Å². The first-order chi connectivity index (χ1) is 4.86. The predicted octanol–water partition coefficient (Wildman–Crippen LogP) is 2.16. The topological polar surface area (TPSA) is 9.23 Å². The van der Waals surface area contributed by atoms with Crippen molar-refractivity contribution >= 4 is 12.4 Å². The van der Waals surface area contributed by atoms with Crippen LogP contribution in [0.3, 0.4) is 0 Å². The van der Waals surface area contributed by atoms with Crippen molar-refractivity contribution < 1.29 is 23.0 Å². The van der Waals surface area contributed by atoms with Gasteiger partial charge in [0, 0.05) is 0 Å². The maximum atomic E-state index is 5.07. The molecule has 0 aliphatic carbocycles. The molecular weight excluding hydrogens is 213 g/mol. The SMILES string of the molecule is COc1cccc([CH2][Zn])c1.Cl. The molecule has 0 amide bonds. The van der Waals surface area contributed by atoms with Gasteiger partial charge in [-0.05, 0) is 0 Å². The summed E-state index contributed by atoms with van der Waals surface area (Å²) >= 11 is 1.31. The number of methoxy groups -OCH3 is 1. The van der Waals surface area contributed by atoms with E-state index in [4.69, 9.17) is 4.74 Å². The average Bonchev–Trinajstić information content (AvgIpc) is 2.05. The van der Waals surface area contributed by atoms with Crippen LogP contribution in [0.5, 0.6) is 5.75 Å². The molecule has 1 rings (SSSR count). The predicted molar refractivity (Wildman–Crippen MR) is 43.9 cm³/mol. The first kappa shape index (κ1) is 10.9. The van der Waals surface area contributed by atoms with Gasteiger partial charge in [-0.3, -0.25) is 0 Å². The molecule has 1 aromatic rings. The Balaban J connectivity index is 0.000001000. The van der Waals surface area contributed by atoms with Gasteiger partial charge in [-0.15, -0.1) is 12.4 Å². The number of ether oxygens (including phenoxy) is 1. The van der Waals surface area contributed by atoms with Crippen LogP contribution in [0.15, 0.2) is 24.3 Å². The summed E-state index contributed by atoms with van der Waals surface area (Å²) in [5.41, 5.74) is 1.37. The zero-order chi connectivity index (χ0) is 7.40. The van der Waals surface area contributed by atoms with Crippen molar-refractivity contribution in [2.24, 2.45) is 0 Å². The van der Waals surface area contributed by atoms with E-state index in [-0.39, 0.29) is 12.4 Å². The normalized spacial score (nSPS) is 8.64. The largest absolute Gasteiger partial charge is 0.147 e. The van der Waals surface area contributed by atoms with Gasteiger partial charge < -0.3 is 0 Å². The van der Waals surface area contributed by atoms with Gasteiger partial charge in [-0.1, -0.05) is 0 Å². The van der Waals surface area contributed by atoms with Gasteiger partial charge in [0.1, 0.15) is 0 Å². The molecule has 11 heavy (non-hydrogen) atoms. The number of hydrogen-bond acceptors (Lipinski definition) is 1. The van der Waals surface area contributed by atoms with E-state index in [1.165, 1.54) is 28.9 Å². The Morgan fingerprint density at radius 3 is 2.73 bits per heavy atom. The molecule has 0 aliphatic rings. The monoisotopic (exact) mass is 221 g/mol. The van der Waals surface area contributed by atoms with E-state index in [9.17, 15) is 0 Å². The van der Waals surface area contributed by atoms with E-state index in [0.717, 1.165) is 5.75 Å². The summed E-state index contributed by atoms with van der Waals surface area (Å²) in [6.45, 7) is 0. The van der Waals surface area contributed by atoms with Gasteiger partial charge in [0.05, 0.1) is 0 Å². The van der Waals surface area contributed by atoms with Gasteiger partial charge in [0.2, 0.25) is 0 Å². The third-order valence-corrected chi connectivity index (χ3v) is 2.63. The molecular formula is C8H10ClOZn. The van der Waals surface area contributed by atoms with Crippen molar-refractivity contribution in [1.82, 2.24) is 0 Å². The van der Waals surface area contributed by atoms with Crippen molar-refractivity contribution in [2.45, 2.75) is 5.02 Å². The van der Waals surface area contributed by atoms with E-state index in [1.807, 2.05) is 12.1 Å². The van der Waals surface area contributed by atoms with E-state index in [0.29, 0.717) is 0 Å². The molecule has 1 aromatic carbocycles. The molecule has 0 aliphatic heterocycles. The smallest absolute Gasteiger partial charge is 0.147 e. The fourth-order valence-corrected chi connectivity index (χ4v) is 1.48. The van der Waals surface area contributed by atoms with Crippen molar-refractivity contribution in [1.29, 1.82) is 0 Å². The summed E-state index contributed by atoms with van der Waals surface area (Å²) in [6, 6.07) is 8.22. The Bertz CT molecular complexity index is 196. The molecule has 3 heteroatoms. The zero-order valence-corrected chi connectivity index (χ0v) is 10.3. The molecule has 1 nitrogen and oxygen atoms in total. The van der Waals surface area contributed by atoms with Crippen molar-refractivity contribution in [2.75, 3.05) is 7.11 Å². The molecule has 0 N–H and O–H groups in total. The Morgan fingerprint density at radius 2 is 2.18 bits per heavy atom. The van der Waals surface area contributed by atoms with Crippen molar-refractivity contribution in [3.05, 3.63) is 29.8 Å². The number of halogens is 1. The summed E-state index contributed by atoms with van der Waals surface area (Å²) in [5, 5.41) is 1.19. The van der Waals surface area contributed by atoms with Crippen LogP contribution in [0.1, 0.15) is 5.56 Å². The summed E-state index contributed by atoms with van der Waals surface area (Å²) in [5.74, 6) is 0.964. The van der Waals surface area contributed by atoms with Crippen LogP contribution in [0.2, 0.25) is 0 Å². The Kier molecular flexibility index (Phi) is 5.53. The second-order valence-corrected chi connectivity index (χ2v) is 3.15. The third-order valence-electron chi connectivity index (χ3n) is 1.42. The van der Waals surface area contributed by atoms with Crippen LogP contribution < -0.4 is 4.74 Å². The molecule has 0 heterocycles. The molecule has 0 spiro atoms. The first-order valence-electron chi connectivity index (χ1n) is 3.29. The number of benzene rings is 1. The fourth-order valence-electron chi connectivity index (χ4n) is 0.828. The molecule has 57 valence electrons. The second kappa shape index (κ2) is 5.57. The molecule has 0 fully saturated rings. The molecule has 0 aromatic heterocycles. The summed E-state index contributed by atoms with van der Waals surface area (Å²) in [7, 11) is 1.70. The van der Waals surface area contributed by atoms with E-state index in [1.54, 1.807) is 7.11 Å². The minimum Gasteiger partial charge on any atom is -0.147 e. The van der Waals surface area contributed by atoms with Gasteiger partial charge in [-0.25, -0.2) is 0 Å². The quantitative estimate of drug-likeness (QED) is 0.698. The van der Waals surface area contributed by atoms with Gasteiger partial charge in [-0.2, -0.15) is 0 Å². The minimum absolute atomic E-state index is 0. The van der Waals surface area contributed by atoms with E-state index < -0.39 is 0 Å². The maximum Gasteiger partial charge on any atom is -0.147 e. The minimum atomic E-state index is 0. The van der Waals surface area contributed by atoms with Crippen LogP contribution in [-0.2, 0) is 23.3 Å². The number of hydrogen-bond donors (Lipinski definition) is 0. The molecule has 0 saturated heterocycles. The van der Waals surface area contributed by atoms with Gasteiger partial charge >= 0.3 is 70.7 Å². The summed E-state index contributed by atoms with van der Waals surface area (Å²) < 4.78 is 5.07. The fraction of sp³-hybridized carbons (Fsp3) is 0.250. The maximum absolute atomic E-state index is 5.07. The van der Waals surface area contributed by atoms with Crippen molar-refractivity contribution in [3.63, 3.8) is 0 Å². The Morgan fingerprint density at radius 1 is 1.45 bits per heavy atom. The van der Waals surface area contributed by atoms with Crippen LogP contribution in [-0.4, -0.2) is 7.11 Å². The first-order valence-corrected chi connectivity index (χ1v) is 5.39. The van der Waals surface area contributed by atoms with Crippen LogP contribution >= 0.6 is 12.4 Å². The molecule has 0 bridgehead atoms. The summed E-state index contributed by atoms with van der Waals surface area (Å²) in [6.07, 6.45) is 0. The van der Waals surface area contributed by atoms with E-state index >= 15 is 0 Å². The summed E-state index contributed by atoms with van der Waals surface area (Å²) in [4.78, 5) is 0. The average molecular weight is 223 g/mol. The molecule has 0 atom stereocenters. The van der Waals surface area contributed by atoms with Crippen LogP contribution in [0, 0.1) is 0 Å².